The third kappa shape index (κ3) is 6.16. The molecule has 0 atom stereocenters. The monoisotopic (exact) mass is 463 g/mol. The van der Waals surface area contributed by atoms with E-state index in [1.807, 2.05) is 30.3 Å². The van der Waals surface area contributed by atoms with Crippen molar-refractivity contribution in [3.05, 3.63) is 83.0 Å². The van der Waals surface area contributed by atoms with E-state index in [1.165, 1.54) is 0 Å². The molecule has 0 bridgehead atoms. The second-order valence-corrected chi connectivity index (χ2v) is 7.04. The summed E-state index contributed by atoms with van der Waals surface area (Å²) in [7, 11) is 0. The summed E-state index contributed by atoms with van der Waals surface area (Å²) in [5.41, 5.74) is 21.6. The van der Waals surface area contributed by atoms with E-state index in [9.17, 15) is 0 Å². The lowest BCUT2D eigenvalue weighted by atomic mass is 10.1. The fraction of sp³-hybridized carbons (Fsp3) is 0. The molecule has 0 aliphatic heterocycles. The third-order valence-corrected chi connectivity index (χ3v) is 4.41. The lowest BCUT2D eigenvalue weighted by Crippen LogP contribution is -1.95. The Morgan fingerprint density at radius 3 is 2.00 bits per heavy atom. The van der Waals surface area contributed by atoms with Crippen molar-refractivity contribution in [3.63, 3.8) is 0 Å². The Labute approximate surface area is 196 Å². The molecule has 1 heterocycles. The molecule has 1 aromatic heterocycles. The number of hydrogen-bond acceptors (Lipinski definition) is 7. The van der Waals surface area contributed by atoms with Crippen LogP contribution in [0, 0.1) is 22.7 Å². The van der Waals surface area contributed by atoms with Crippen LogP contribution in [0.5, 0.6) is 0 Å². The van der Waals surface area contributed by atoms with Gasteiger partial charge in [-0.1, -0.05) is 11.6 Å². The van der Waals surface area contributed by atoms with E-state index in [-0.39, 0.29) is 12.4 Å². The number of nitrogens with one attached hydrogen (secondary N) is 1. The standard InChI is InChI=1S/C16H11ClN4.C7H7N3.ClH/c17-11-1-2-14-15(3-4-20-16(14)7-11)21-13-6-10(9-18)5-12(19)8-13;8-4-5-1-6(9)3-7(10)2-5;/h1-8H,19H2,(H,20,21);1-3H,9-10H2;1H. The molecule has 7 nitrogen and oxygen atoms in total. The number of nitrogen functional groups attached to an aromatic ring is 3. The molecule has 32 heavy (non-hydrogen) atoms. The Morgan fingerprint density at radius 2 is 1.38 bits per heavy atom. The molecule has 160 valence electrons. The summed E-state index contributed by atoms with van der Waals surface area (Å²) in [6.07, 6.45) is 1.71. The topological polar surface area (TPSA) is 151 Å². The van der Waals surface area contributed by atoms with Gasteiger partial charge in [0.25, 0.3) is 0 Å². The Balaban J connectivity index is 0.000000280. The first-order chi connectivity index (χ1) is 14.9. The average Bonchev–Trinajstić information content (AvgIpc) is 2.73. The molecule has 9 heteroatoms. The molecule has 0 radical (unpaired) electrons. The summed E-state index contributed by atoms with van der Waals surface area (Å²) in [6, 6.07) is 21.4. The molecule has 0 amide bonds. The zero-order valence-electron chi connectivity index (χ0n) is 16.7. The average molecular weight is 464 g/mol. The Bertz CT molecular complexity index is 1320. The van der Waals surface area contributed by atoms with Crippen molar-refractivity contribution in [2.75, 3.05) is 22.5 Å². The van der Waals surface area contributed by atoms with Gasteiger partial charge in [0.05, 0.1) is 28.8 Å². The van der Waals surface area contributed by atoms with Gasteiger partial charge in [-0.25, -0.2) is 0 Å². The van der Waals surface area contributed by atoms with Gasteiger partial charge >= 0.3 is 0 Å². The molecule has 4 aromatic rings. The first-order valence-corrected chi connectivity index (χ1v) is 9.44. The van der Waals surface area contributed by atoms with E-state index in [0.29, 0.717) is 33.2 Å². The molecular formula is C23H19Cl2N7. The quantitative estimate of drug-likeness (QED) is 0.297. The van der Waals surface area contributed by atoms with E-state index >= 15 is 0 Å². The first kappa shape index (κ1) is 24.1. The number of hydrogen-bond donors (Lipinski definition) is 4. The summed E-state index contributed by atoms with van der Waals surface area (Å²) in [4.78, 5) is 4.29. The van der Waals surface area contributed by atoms with Gasteiger partial charge < -0.3 is 22.5 Å². The number of anilines is 5. The number of nitrogens with zero attached hydrogens (tertiary/aromatic N) is 3. The molecule has 0 spiro atoms. The van der Waals surface area contributed by atoms with Crippen LogP contribution in [-0.2, 0) is 0 Å². The highest BCUT2D eigenvalue weighted by Crippen LogP contribution is 2.28. The summed E-state index contributed by atoms with van der Waals surface area (Å²) in [5.74, 6) is 0. The van der Waals surface area contributed by atoms with Crippen molar-refractivity contribution in [3.8, 4) is 12.1 Å². The predicted molar refractivity (Wildman–Crippen MR) is 133 cm³/mol. The van der Waals surface area contributed by atoms with Gasteiger partial charge in [0, 0.05) is 45.0 Å². The van der Waals surface area contributed by atoms with E-state index in [1.54, 1.807) is 42.6 Å². The zero-order chi connectivity index (χ0) is 22.4. The smallest absolute Gasteiger partial charge is 0.0993 e. The fourth-order valence-electron chi connectivity index (χ4n) is 2.92. The number of aromatic nitrogens is 1. The third-order valence-electron chi connectivity index (χ3n) is 4.17. The van der Waals surface area contributed by atoms with Crippen LogP contribution >= 0.6 is 24.0 Å². The van der Waals surface area contributed by atoms with Gasteiger partial charge in [0.2, 0.25) is 0 Å². The molecule has 0 aliphatic carbocycles. The van der Waals surface area contributed by atoms with Gasteiger partial charge in [-0.3, -0.25) is 4.98 Å². The van der Waals surface area contributed by atoms with Crippen LogP contribution in [0.4, 0.5) is 28.4 Å². The van der Waals surface area contributed by atoms with E-state index < -0.39 is 0 Å². The number of fused-ring (bicyclic) bond motifs is 1. The van der Waals surface area contributed by atoms with Crippen LogP contribution in [0.15, 0.2) is 66.9 Å². The number of rotatable bonds is 2. The molecular weight excluding hydrogens is 445 g/mol. The Morgan fingerprint density at radius 1 is 0.781 bits per heavy atom. The number of pyridine rings is 1. The highest BCUT2D eigenvalue weighted by atomic mass is 35.5. The number of nitrogens with two attached hydrogens (primary N) is 3. The van der Waals surface area contributed by atoms with E-state index in [0.717, 1.165) is 22.3 Å². The highest BCUT2D eigenvalue weighted by molar-refractivity contribution is 6.31. The normalized spacial score (nSPS) is 9.47. The Hall–Kier alpha value is -4.17. The van der Waals surface area contributed by atoms with Gasteiger partial charge in [-0.2, -0.15) is 10.5 Å². The molecule has 0 unspecified atom stereocenters. The lowest BCUT2D eigenvalue weighted by molar-refractivity contribution is 1.40. The van der Waals surface area contributed by atoms with Gasteiger partial charge in [0.15, 0.2) is 0 Å². The molecule has 0 saturated carbocycles. The van der Waals surface area contributed by atoms with Crippen molar-refractivity contribution < 1.29 is 0 Å². The minimum atomic E-state index is 0. The van der Waals surface area contributed by atoms with Crippen molar-refractivity contribution in [1.82, 2.24) is 4.98 Å². The maximum atomic E-state index is 9.00. The van der Waals surface area contributed by atoms with Crippen LogP contribution in [0.3, 0.4) is 0 Å². The molecule has 4 rings (SSSR count). The van der Waals surface area contributed by atoms with Gasteiger partial charge in [-0.15, -0.1) is 12.4 Å². The number of nitriles is 2. The highest BCUT2D eigenvalue weighted by Gasteiger charge is 2.05. The Kier molecular flexibility index (Phi) is 8.09. The summed E-state index contributed by atoms with van der Waals surface area (Å²) >= 11 is 5.98. The van der Waals surface area contributed by atoms with Crippen molar-refractivity contribution in [2.24, 2.45) is 0 Å². The van der Waals surface area contributed by atoms with Crippen LogP contribution in [0.1, 0.15) is 11.1 Å². The van der Waals surface area contributed by atoms with E-state index in [4.69, 9.17) is 39.3 Å². The molecule has 7 N–H and O–H groups in total. The maximum Gasteiger partial charge on any atom is 0.0993 e. The fourth-order valence-corrected chi connectivity index (χ4v) is 3.08. The minimum absolute atomic E-state index is 0. The van der Waals surface area contributed by atoms with Gasteiger partial charge in [-0.05, 0) is 60.7 Å². The largest absolute Gasteiger partial charge is 0.399 e. The maximum absolute atomic E-state index is 9.00. The summed E-state index contributed by atoms with van der Waals surface area (Å²) in [5, 5.41) is 22.3. The summed E-state index contributed by atoms with van der Waals surface area (Å²) in [6.45, 7) is 0. The van der Waals surface area contributed by atoms with Crippen LogP contribution < -0.4 is 22.5 Å². The van der Waals surface area contributed by atoms with Crippen molar-refractivity contribution in [1.29, 1.82) is 10.5 Å². The van der Waals surface area contributed by atoms with Crippen LogP contribution in [-0.4, -0.2) is 4.98 Å². The molecule has 0 saturated heterocycles. The van der Waals surface area contributed by atoms with Crippen molar-refractivity contribution in [2.45, 2.75) is 0 Å². The second-order valence-electron chi connectivity index (χ2n) is 6.60. The summed E-state index contributed by atoms with van der Waals surface area (Å²) < 4.78 is 0. The first-order valence-electron chi connectivity index (χ1n) is 9.06. The predicted octanol–water partition coefficient (Wildman–Crippen LogP) is 5.23. The molecule has 0 fully saturated rings. The minimum Gasteiger partial charge on any atom is -0.399 e. The molecule has 0 aliphatic rings. The van der Waals surface area contributed by atoms with Crippen LogP contribution in [0.2, 0.25) is 5.02 Å². The number of halogens is 2. The zero-order valence-corrected chi connectivity index (χ0v) is 18.3. The van der Waals surface area contributed by atoms with Crippen molar-refractivity contribution >= 4 is 63.3 Å². The molecule has 3 aromatic carbocycles. The number of benzene rings is 3. The van der Waals surface area contributed by atoms with Crippen LogP contribution in [0.25, 0.3) is 10.9 Å². The second kappa shape index (κ2) is 10.7. The lowest BCUT2D eigenvalue weighted by Gasteiger charge is -2.10. The SMILES string of the molecule is Cl.N#Cc1cc(N)cc(N)c1.N#Cc1cc(N)cc(Nc2ccnc3cc(Cl)ccc23)c1. The van der Waals surface area contributed by atoms with Gasteiger partial charge in [0.1, 0.15) is 0 Å². The van der Waals surface area contributed by atoms with E-state index in [2.05, 4.69) is 16.4 Å².